The number of fused-ring (bicyclic) bond motifs is 1. The lowest BCUT2D eigenvalue weighted by molar-refractivity contribution is -0.173. The van der Waals surface area contributed by atoms with Gasteiger partial charge in [-0.1, -0.05) is 12.1 Å². The third-order valence-corrected chi connectivity index (χ3v) is 5.26. The van der Waals surface area contributed by atoms with Crippen molar-refractivity contribution in [1.82, 2.24) is 14.7 Å². The number of alkyl halides is 3. The summed E-state index contributed by atoms with van der Waals surface area (Å²) in [6.07, 6.45) is -3.53. The first-order valence-electron chi connectivity index (χ1n) is 9.30. The Morgan fingerprint density at radius 1 is 1.31 bits per heavy atom. The first-order chi connectivity index (χ1) is 13.9. The van der Waals surface area contributed by atoms with Crippen LogP contribution in [-0.4, -0.2) is 60.2 Å². The maximum Gasteiger partial charge on any atom is 0.410 e. The lowest BCUT2D eigenvalue weighted by atomic mass is 9.96. The maximum absolute atomic E-state index is 13.8. The molecule has 2 aliphatic heterocycles. The number of aromatic nitrogens is 2. The quantitative estimate of drug-likeness (QED) is 0.843. The summed E-state index contributed by atoms with van der Waals surface area (Å²) in [4.78, 5) is 14.5. The Kier molecular flexibility index (Phi) is 5.12. The molecule has 1 aromatic carbocycles. The number of amides is 1. The summed E-state index contributed by atoms with van der Waals surface area (Å²) < 4.78 is 52.7. The molecule has 10 heteroatoms. The fourth-order valence-corrected chi connectivity index (χ4v) is 3.73. The normalized spacial score (nSPS) is 22.0. The van der Waals surface area contributed by atoms with Crippen LogP contribution in [0.15, 0.2) is 30.5 Å². The largest absolute Gasteiger partial charge is 0.497 e. The van der Waals surface area contributed by atoms with Crippen LogP contribution in [0.2, 0.25) is 0 Å². The SMILES string of the molecule is COc1cccc([C@H]2C[C@@H](C(F)(F)F)n3ncc(C(=O)N4CCOCC4)c3N2)c1. The van der Waals surface area contributed by atoms with Gasteiger partial charge in [-0.25, -0.2) is 4.68 Å². The monoisotopic (exact) mass is 410 g/mol. The second kappa shape index (κ2) is 7.58. The van der Waals surface area contributed by atoms with Crippen LogP contribution in [-0.2, 0) is 4.74 Å². The number of hydrogen-bond donors (Lipinski definition) is 1. The minimum Gasteiger partial charge on any atom is -0.497 e. The van der Waals surface area contributed by atoms with Crippen molar-refractivity contribution in [3.05, 3.63) is 41.6 Å². The number of halogens is 3. The van der Waals surface area contributed by atoms with E-state index < -0.39 is 18.3 Å². The summed E-state index contributed by atoms with van der Waals surface area (Å²) in [7, 11) is 1.50. The number of methoxy groups -OCH3 is 1. The Labute approximate surface area is 165 Å². The molecule has 1 N–H and O–H groups in total. The van der Waals surface area contributed by atoms with Crippen molar-refractivity contribution in [2.45, 2.75) is 24.7 Å². The zero-order chi connectivity index (χ0) is 20.6. The summed E-state index contributed by atoms with van der Waals surface area (Å²) in [5.74, 6) is 0.286. The number of nitrogens with zero attached hydrogens (tertiary/aromatic N) is 3. The number of anilines is 1. The smallest absolute Gasteiger partial charge is 0.410 e. The molecule has 0 aliphatic carbocycles. The fourth-order valence-electron chi connectivity index (χ4n) is 3.73. The first-order valence-corrected chi connectivity index (χ1v) is 9.30. The molecule has 0 bridgehead atoms. The van der Waals surface area contributed by atoms with Crippen molar-refractivity contribution in [2.24, 2.45) is 0 Å². The van der Waals surface area contributed by atoms with Gasteiger partial charge < -0.3 is 19.7 Å². The van der Waals surface area contributed by atoms with Crippen molar-refractivity contribution in [2.75, 3.05) is 38.7 Å². The summed E-state index contributed by atoms with van der Waals surface area (Å²) in [5.41, 5.74) is 0.782. The Morgan fingerprint density at radius 3 is 2.76 bits per heavy atom. The molecule has 29 heavy (non-hydrogen) atoms. The minimum atomic E-state index is -4.50. The van der Waals surface area contributed by atoms with Crippen LogP contribution >= 0.6 is 0 Å². The standard InChI is InChI=1S/C19H21F3N4O3/c1-28-13-4-2-3-12(9-13)15-10-16(19(20,21)22)26-17(24-15)14(11-23-26)18(27)25-5-7-29-8-6-25/h2-4,9,11,15-16,24H,5-8,10H2,1H3/t15-,16+/m1/s1. The molecular weight excluding hydrogens is 389 g/mol. The number of carbonyl (C=O) groups is 1. The third kappa shape index (κ3) is 3.76. The van der Waals surface area contributed by atoms with E-state index in [1.54, 1.807) is 29.2 Å². The topological polar surface area (TPSA) is 68.6 Å². The lowest BCUT2D eigenvalue weighted by Crippen LogP contribution is -2.41. The predicted octanol–water partition coefficient (Wildman–Crippen LogP) is 3.02. The van der Waals surface area contributed by atoms with Gasteiger partial charge in [-0.05, 0) is 17.7 Å². The third-order valence-electron chi connectivity index (χ3n) is 5.26. The number of morpholine rings is 1. The highest BCUT2D eigenvalue weighted by Crippen LogP contribution is 2.44. The van der Waals surface area contributed by atoms with Gasteiger partial charge in [0, 0.05) is 19.5 Å². The summed E-state index contributed by atoms with van der Waals surface area (Å²) in [5, 5.41) is 7.01. The Bertz CT molecular complexity index is 893. The van der Waals surface area contributed by atoms with E-state index in [0.29, 0.717) is 37.6 Å². The van der Waals surface area contributed by atoms with Gasteiger partial charge in [0.15, 0.2) is 6.04 Å². The average molecular weight is 410 g/mol. The highest BCUT2D eigenvalue weighted by atomic mass is 19.4. The number of rotatable bonds is 3. The second-order valence-corrected chi connectivity index (χ2v) is 7.02. The van der Waals surface area contributed by atoms with E-state index in [-0.39, 0.29) is 23.7 Å². The molecule has 1 fully saturated rings. The van der Waals surface area contributed by atoms with Gasteiger partial charge in [-0.3, -0.25) is 4.79 Å². The van der Waals surface area contributed by atoms with E-state index in [2.05, 4.69) is 10.4 Å². The zero-order valence-corrected chi connectivity index (χ0v) is 15.8. The van der Waals surface area contributed by atoms with Crippen LogP contribution in [0.25, 0.3) is 0 Å². The molecule has 156 valence electrons. The van der Waals surface area contributed by atoms with Gasteiger partial charge in [0.1, 0.15) is 17.1 Å². The zero-order valence-electron chi connectivity index (χ0n) is 15.8. The van der Waals surface area contributed by atoms with E-state index >= 15 is 0 Å². The van der Waals surface area contributed by atoms with Crippen LogP contribution in [0.5, 0.6) is 5.75 Å². The van der Waals surface area contributed by atoms with Gasteiger partial charge in [0.05, 0.1) is 32.6 Å². The van der Waals surface area contributed by atoms with Crippen molar-refractivity contribution in [3.8, 4) is 5.75 Å². The van der Waals surface area contributed by atoms with Crippen molar-refractivity contribution in [3.63, 3.8) is 0 Å². The minimum absolute atomic E-state index is 0.0860. The highest BCUT2D eigenvalue weighted by molar-refractivity contribution is 5.99. The summed E-state index contributed by atoms with van der Waals surface area (Å²) in [6, 6.07) is 4.41. The molecule has 1 amide bonds. The van der Waals surface area contributed by atoms with Gasteiger partial charge >= 0.3 is 6.18 Å². The highest BCUT2D eigenvalue weighted by Gasteiger charge is 2.47. The maximum atomic E-state index is 13.8. The van der Waals surface area contributed by atoms with E-state index in [1.165, 1.54) is 13.3 Å². The van der Waals surface area contributed by atoms with Crippen LogP contribution < -0.4 is 10.1 Å². The van der Waals surface area contributed by atoms with Crippen LogP contribution in [0.3, 0.4) is 0 Å². The number of carbonyl (C=O) groups excluding carboxylic acids is 1. The molecule has 3 heterocycles. The molecule has 2 aromatic rings. The molecule has 0 unspecified atom stereocenters. The van der Waals surface area contributed by atoms with Crippen molar-refractivity contribution < 1.29 is 27.4 Å². The van der Waals surface area contributed by atoms with Gasteiger partial charge in [0.2, 0.25) is 0 Å². The molecule has 1 saturated heterocycles. The summed E-state index contributed by atoms with van der Waals surface area (Å²) in [6.45, 7) is 1.59. The van der Waals surface area contributed by atoms with Crippen LogP contribution in [0.1, 0.15) is 34.4 Å². The molecule has 0 spiro atoms. The molecule has 7 nitrogen and oxygen atoms in total. The molecular formula is C19H21F3N4O3. The second-order valence-electron chi connectivity index (χ2n) is 7.02. The van der Waals surface area contributed by atoms with Crippen LogP contribution in [0, 0.1) is 0 Å². The summed E-state index contributed by atoms with van der Waals surface area (Å²) >= 11 is 0. The number of benzene rings is 1. The molecule has 1 aromatic heterocycles. The molecule has 4 rings (SSSR count). The Morgan fingerprint density at radius 2 is 2.07 bits per heavy atom. The number of ether oxygens (including phenoxy) is 2. The lowest BCUT2D eigenvalue weighted by Gasteiger charge is -2.34. The predicted molar refractivity (Wildman–Crippen MR) is 98.0 cm³/mol. The van der Waals surface area contributed by atoms with Gasteiger partial charge in [0.25, 0.3) is 5.91 Å². The average Bonchev–Trinajstić information content (AvgIpc) is 3.16. The van der Waals surface area contributed by atoms with Gasteiger partial charge in [-0.2, -0.15) is 18.3 Å². The van der Waals surface area contributed by atoms with Crippen LogP contribution in [0.4, 0.5) is 19.0 Å². The molecule has 0 saturated carbocycles. The first kappa shape index (κ1) is 19.6. The molecule has 0 radical (unpaired) electrons. The molecule has 2 atom stereocenters. The van der Waals surface area contributed by atoms with Crippen molar-refractivity contribution >= 4 is 11.7 Å². The van der Waals surface area contributed by atoms with E-state index in [0.717, 1.165) is 4.68 Å². The Balaban J connectivity index is 1.71. The fraction of sp³-hybridized carbons (Fsp3) is 0.474. The van der Waals surface area contributed by atoms with E-state index in [4.69, 9.17) is 9.47 Å². The van der Waals surface area contributed by atoms with Crippen molar-refractivity contribution in [1.29, 1.82) is 0 Å². The number of nitrogens with one attached hydrogen (secondary N) is 1. The van der Waals surface area contributed by atoms with Gasteiger partial charge in [-0.15, -0.1) is 0 Å². The Hall–Kier alpha value is -2.75. The number of hydrogen-bond acceptors (Lipinski definition) is 5. The van der Waals surface area contributed by atoms with E-state index in [9.17, 15) is 18.0 Å². The molecule has 2 aliphatic rings. The van der Waals surface area contributed by atoms with E-state index in [1.807, 2.05) is 0 Å².